The molecule has 0 aromatic heterocycles. The van der Waals surface area contributed by atoms with Crippen LogP contribution in [0.25, 0.3) is 11.1 Å². The van der Waals surface area contributed by atoms with E-state index >= 15 is 0 Å². The van der Waals surface area contributed by atoms with E-state index in [9.17, 15) is 0 Å². The lowest BCUT2D eigenvalue weighted by Crippen LogP contribution is -2.00. The van der Waals surface area contributed by atoms with Crippen molar-refractivity contribution in [3.63, 3.8) is 0 Å². The minimum atomic E-state index is 0. The number of halogens is 1. The van der Waals surface area contributed by atoms with Crippen molar-refractivity contribution < 1.29 is 0 Å². The Hall–Kier alpha value is -1.31. The molecule has 17 heavy (non-hydrogen) atoms. The summed E-state index contributed by atoms with van der Waals surface area (Å²) in [6, 6.07) is 15.2. The first kappa shape index (κ1) is 12.2. The summed E-state index contributed by atoms with van der Waals surface area (Å²) in [5.74, 6) is 0. The molecule has 0 atom stereocenters. The number of nitrogens with one attached hydrogen (secondary N) is 1. The number of hydrogen-bond donors (Lipinski definition) is 1. The third-order valence-corrected chi connectivity index (χ3v) is 3.33. The number of rotatable bonds is 1. The SMILES string of the molecule is Cc1ccccc1-c1cccc2c1CNC2.Cl. The van der Waals surface area contributed by atoms with Crippen molar-refractivity contribution in [2.45, 2.75) is 20.0 Å². The van der Waals surface area contributed by atoms with Gasteiger partial charge in [-0.25, -0.2) is 0 Å². The highest BCUT2D eigenvalue weighted by atomic mass is 35.5. The van der Waals surface area contributed by atoms with Crippen LogP contribution in [0.5, 0.6) is 0 Å². The predicted octanol–water partition coefficient (Wildman–Crippen LogP) is 3.69. The Kier molecular flexibility index (Phi) is 3.51. The summed E-state index contributed by atoms with van der Waals surface area (Å²) in [6.45, 7) is 4.19. The molecule has 88 valence electrons. The van der Waals surface area contributed by atoms with Crippen LogP contribution in [-0.2, 0) is 13.1 Å². The fourth-order valence-electron chi connectivity index (χ4n) is 2.46. The molecule has 2 aromatic carbocycles. The normalized spacial score (nSPS) is 13.0. The van der Waals surface area contributed by atoms with Crippen molar-refractivity contribution in [1.82, 2.24) is 5.32 Å². The molecular formula is C15H16ClN. The van der Waals surface area contributed by atoms with Crippen LogP contribution >= 0.6 is 12.4 Å². The van der Waals surface area contributed by atoms with E-state index in [0.717, 1.165) is 13.1 Å². The van der Waals surface area contributed by atoms with Crippen molar-refractivity contribution in [2.24, 2.45) is 0 Å². The van der Waals surface area contributed by atoms with Gasteiger partial charge in [0.05, 0.1) is 0 Å². The molecule has 0 radical (unpaired) electrons. The van der Waals surface area contributed by atoms with Gasteiger partial charge < -0.3 is 5.32 Å². The summed E-state index contributed by atoms with van der Waals surface area (Å²) in [5, 5.41) is 3.42. The van der Waals surface area contributed by atoms with Crippen LogP contribution in [0.4, 0.5) is 0 Å². The summed E-state index contributed by atoms with van der Waals surface area (Å²) >= 11 is 0. The molecule has 0 saturated carbocycles. The van der Waals surface area contributed by atoms with Crippen LogP contribution in [0.2, 0.25) is 0 Å². The Morgan fingerprint density at radius 3 is 2.47 bits per heavy atom. The first-order chi connectivity index (χ1) is 7.86. The smallest absolute Gasteiger partial charge is 0.0218 e. The van der Waals surface area contributed by atoms with Crippen LogP contribution in [-0.4, -0.2) is 0 Å². The second-order valence-corrected chi connectivity index (χ2v) is 4.36. The molecule has 1 nitrogen and oxygen atoms in total. The molecule has 1 aliphatic rings. The van der Waals surface area contributed by atoms with E-state index in [2.05, 4.69) is 54.7 Å². The second kappa shape index (κ2) is 4.91. The van der Waals surface area contributed by atoms with E-state index in [-0.39, 0.29) is 12.4 Å². The third kappa shape index (κ3) is 2.08. The summed E-state index contributed by atoms with van der Waals surface area (Å²) in [5.41, 5.74) is 7.02. The Morgan fingerprint density at radius 2 is 1.65 bits per heavy atom. The Balaban J connectivity index is 0.00000108. The summed E-state index contributed by atoms with van der Waals surface area (Å²) in [7, 11) is 0. The molecule has 1 heterocycles. The lowest BCUT2D eigenvalue weighted by atomic mass is 9.94. The maximum absolute atomic E-state index is 3.42. The lowest BCUT2D eigenvalue weighted by molar-refractivity contribution is 0.765. The molecule has 2 heteroatoms. The van der Waals surface area contributed by atoms with Gasteiger partial charge in [-0.3, -0.25) is 0 Å². The molecule has 0 fully saturated rings. The van der Waals surface area contributed by atoms with Gasteiger partial charge >= 0.3 is 0 Å². The average molecular weight is 246 g/mol. The van der Waals surface area contributed by atoms with Gasteiger partial charge in [-0.15, -0.1) is 12.4 Å². The number of aryl methyl sites for hydroxylation is 1. The van der Waals surface area contributed by atoms with Crippen LogP contribution in [0.15, 0.2) is 42.5 Å². The van der Waals surface area contributed by atoms with E-state index < -0.39 is 0 Å². The monoisotopic (exact) mass is 245 g/mol. The maximum Gasteiger partial charge on any atom is 0.0218 e. The van der Waals surface area contributed by atoms with E-state index in [1.165, 1.54) is 27.8 Å². The average Bonchev–Trinajstić information content (AvgIpc) is 2.77. The molecule has 1 aliphatic heterocycles. The minimum absolute atomic E-state index is 0. The van der Waals surface area contributed by atoms with Gasteiger partial charge in [0.15, 0.2) is 0 Å². The van der Waals surface area contributed by atoms with Crippen LogP contribution in [0, 0.1) is 6.92 Å². The largest absolute Gasteiger partial charge is 0.309 e. The fraction of sp³-hybridized carbons (Fsp3) is 0.200. The molecule has 1 N–H and O–H groups in total. The minimum Gasteiger partial charge on any atom is -0.309 e. The fourth-order valence-corrected chi connectivity index (χ4v) is 2.46. The van der Waals surface area contributed by atoms with E-state index in [0.29, 0.717) is 0 Å². The second-order valence-electron chi connectivity index (χ2n) is 4.36. The van der Waals surface area contributed by atoms with Gasteiger partial charge in [-0.05, 0) is 34.7 Å². The lowest BCUT2D eigenvalue weighted by Gasteiger charge is -2.10. The van der Waals surface area contributed by atoms with Crippen LogP contribution < -0.4 is 5.32 Å². The molecule has 0 unspecified atom stereocenters. The maximum atomic E-state index is 3.42. The highest BCUT2D eigenvalue weighted by Gasteiger charge is 2.15. The first-order valence-corrected chi connectivity index (χ1v) is 5.74. The molecule has 3 rings (SSSR count). The zero-order valence-electron chi connectivity index (χ0n) is 9.86. The van der Waals surface area contributed by atoms with Gasteiger partial charge in [0.2, 0.25) is 0 Å². The highest BCUT2D eigenvalue weighted by molar-refractivity contribution is 5.85. The Morgan fingerprint density at radius 1 is 0.882 bits per heavy atom. The van der Waals surface area contributed by atoms with Crippen molar-refractivity contribution >= 4 is 12.4 Å². The molecule has 2 aromatic rings. The number of fused-ring (bicyclic) bond motifs is 1. The molecular weight excluding hydrogens is 230 g/mol. The zero-order chi connectivity index (χ0) is 11.0. The predicted molar refractivity (Wildman–Crippen MR) is 74.4 cm³/mol. The third-order valence-electron chi connectivity index (χ3n) is 3.33. The zero-order valence-corrected chi connectivity index (χ0v) is 10.7. The molecule has 0 saturated heterocycles. The van der Waals surface area contributed by atoms with E-state index in [1.807, 2.05) is 0 Å². The molecule has 0 bridgehead atoms. The van der Waals surface area contributed by atoms with Gasteiger partial charge in [-0.1, -0.05) is 42.5 Å². The van der Waals surface area contributed by atoms with Crippen molar-refractivity contribution in [3.05, 3.63) is 59.2 Å². The Labute approximate surface area is 108 Å². The van der Waals surface area contributed by atoms with Crippen molar-refractivity contribution in [2.75, 3.05) is 0 Å². The van der Waals surface area contributed by atoms with E-state index in [4.69, 9.17) is 0 Å². The van der Waals surface area contributed by atoms with Crippen molar-refractivity contribution in [1.29, 1.82) is 0 Å². The highest BCUT2D eigenvalue weighted by Crippen LogP contribution is 2.30. The molecule has 0 aliphatic carbocycles. The Bertz CT molecular complexity index is 534. The quantitative estimate of drug-likeness (QED) is 0.808. The van der Waals surface area contributed by atoms with Crippen molar-refractivity contribution in [3.8, 4) is 11.1 Å². The first-order valence-electron chi connectivity index (χ1n) is 5.74. The van der Waals surface area contributed by atoms with Gasteiger partial charge in [-0.2, -0.15) is 0 Å². The van der Waals surface area contributed by atoms with E-state index in [1.54, 1.807) is 0 Å². The standard InChI is InChI=1S/C15H15N.ClH/c1-11-5-2-3-7-13(11)14-8-4-6-12-9-16-10-15(12)14;/h2-8,16H,9-10H2,1H3;1H. The molecule has 0 spiro atoms. The molecule has 0 amide bonds. The van der Waals surface area contributed by atoms with Crippen LogP contribution in [0.3, 0.4) is 0 Å². The number of benzene rings is 2. The van der Waals surface area contributed by atoms with Crippen LogP contribution in [0.1, 0.15) is 16.7 Å². The van der Waals surface area contributed by atoms with Gasteiger partial charge in [0.25, 0.3) is 0 Å². The summed E-state index contributed by atoms with van der Waals surface area (Å²) in [4.78, 5) is 0. The number of hydrogen-bond acceptors (Lipinski definition) is 1. The topological polar surface area (TPSA) is 12.0 Å². The van der Waals surface area contributed by atoms with Gasteiger partial charge in [0.1, 0.15) is 0 Å². The summed E-state index contributed by atoms with van der Waals surface area (Å²) in [6.07, 6.45) is 0. The van der Waals surface area contributed by atoms with Gasteiger partial charge in [0, 0.05) is 13.1 Å². The summed E-state index contributed by atoms with van der Waals surface area (Å²) < 4.78 is 0.